The summed E-state index contributed by atoms with van der Waals surface area (Å²) in [6.45, 7) is 5.30. The van der Waals surface area contributed by atoms with E-state index in [-0.39, 0.29) is 10.3 Å². The van der Waals surface area contributed by atoms with Gasteiger partial charge < -0.3 is 10.1 Å². The minimum Gasteiger partial charge on any atom is -0.444 e. The molecule has 1 N–H and O–H groups in total. The second kappa shape index (κ2) is 4.64. The molecule has 0 aromatic rings. The Balaban J connectivity index is 3.68. The molecule has 0 rings (SSSR count). The maximum Gasteiger partial charge on any atom is 0.408 e. The van der Waals surface area contributed by atoms with E-state index < -0.39 is 11.7 Å². The number of amides is 1. The molecule has 5 heteroatoms. The summed E-state index contributed by atoms with van der Waals surface area (Å²) in [5.74, 6) is 0. The van der Waals surface area contributed by atoms with E-state index in [4.69, 9.17) is 4.74 Å². The highest BCUT2D eigenvalue weighted by Crippen LogP contribution is 2.06. The van der Waals surface area contributed by atoms with Crippen LogP contribution in [0.15, 0.2) is 0 Å². The van der Waals surface area contributed by atoms with Crippen LogP contribution in [0.1, 0.15) is 20.8 Å². The molecule has 0 aliphatic carbocycles. The molecule has 0 spiro atoms. The van der Waals surface area contributed by atoms with E-state index in [2.05, 4.69) is 5.32 Å². The fraction of sp³-hybridized carbons (Fsp3) is 0.714. The Morgan fingerprint density at radius 1 is 1.42 bits per heavy atom. The smallest absolute Gasteiger partial charge is 0.408 e. The summed E-state index contributed by atoms with van der Waals surface area (Å²) in [4.78, 5) is 21.3. The van der Waals surface area contributed by atoms with Crippen molar-refractivity contribution in [2.45, 2.75) is 26.4 Å². The molecule has 0 atom stereocenters. The highest BCUT2D eigenvalue weighted by Gasteiger charge is 2.15. The van der Waals surface area contributed by atoms with Crippen molar-refractivity contribution in [1.29, 1.82) is 0 Å². The Kier molecular flexibility index (Phi) is 4.51. The fourth-order valence-corrected chi connectivity index (χ4v) is 0.647. The summed E-state index contributed by atoms with van der Waals surface area (Å²) in [6.07, 6.45) is -0.562. The van der Waals surface area contributed by atoms with Crippen LogP contribution in [0.3, 0.4) is 0 Å². The number of hydrogen-bond donors (Lipinski definition) is 1. The third-order valence-corrected chi connectivity index (χ3v) is 1.15. The van der Waals surface area contributed by atoms with E-state index in [0.717, 1.165) is 0 Å². The highest BCUT2D eigenvalue weighted by atomic mass is 127. The lowest BCUT2D eigenvalue weighted by Crippen LogP contribution is -2.34. The largest absolute Gasteiger partial charge is 0.444 e. The molecular weight excluding hydrogens is 273 g/mol. The van der Waals surface area contributed by atoms with Crippen LogP contribution >= 0.6 is 22.6 Å². The summed E-state index contributed by atoms with van der Waals surface area (Å²) < 4.78 is 4.76. The molecular formula is C7H12INO3. The van der Waals surface area contributed by atoms with Crippen LogP contribution in [0, 0.1) is 0 Å². The highest BCUT2D eigenvalue weighted by molar-refractivity contribution is 14.1. The van der Waals surface area contributed by atoms with Gasteiger partial charge in [-0.25, -0.2) is 4.79 Å². The zero-order valence-electron chi connectivity index (χ0n) is 7.31. The predicted octanol–water partition coefficient (Wildman–Crippen LogP) is 1.47. The average molecular weight is 285 g/mol. The van der Waals surface area contributed by atoms with E-state index in [1.807, 2.05) is 0 Å². The van der Waals surface area contributed by atoms with Crippen molar-refractivity contribution >= 4 is 32.5 Å². The van der Waals surface area contributed by atoms with Crippen molar-refractivity contribution in [3.8, 4) is 0 Å². The number of hydrogen-bond acceptors (Lipinski definition) is 3. The molecule has 1 amide bonds. The minimum atomic E-state index is -0.562. The number of nitrogens with one attached hydrogen (secondary N) is 1. The summed E-state index contributed by atoms with van der Waals surface area (Å²) in [5, 5.41) is 2.32. The summed E-state index contributed by atoms with van der Waals surface area (Å²) in [5.41, 5.74) is -0.515. The number of halogens is 1. The maximum atomic E-state index is 10.9. The molecule has 0 fully saturated rings. The molecule has 0 saturated carbocycles. The molecule has 0 heterocycles. The summed E-state index contributed by atoms with van der Waals surface area (Å²) in [6, 6.07) is 0. The molecule has 0 unspecified atom stereocenters. The average Bonchev–Trinajstić information content (AvgIpc) is 1.79. The predicted molar refractivity (Wildman–Crippen MR) is 53.3 cm³/mol. The van der Waals surface area contributed by atoms with Crippen molar-refractivity contribution in [2.24, 2.45) is 0 Å². The monoisotopic (exact) mass is 285 g/mol. The van der Waals surface area contributed by atoms with Gasteiger partial charge in [-0.2, -0.15) is 0 Å². The molecule has 70 valence electrons. The van der Waals surface area contributed by atoms with Crippen molar-refractivity contribution < 1.29 is 14.3 Å². The second-order valence-corrected chi connectivity index (χ2v) is 4.41. The number of carbonyl (C=O) groups is 2. The third kappa shape index (κ3) is 7.77. The van der Waals surface area contributed by atoms with E-state index in [1.165, 1.54) is 0 Å². The van der Waals surface area contributed by atoms with Crippen LogP contribution < -0.4 is 5.32 Å². The summed E-state index contributed by atoms with van der Waals surface area (Å²) >= 11 is 1.60. The normalized spacial score (nSPS) is 10.7. The van der Waals surface area contributed by atoms with Gasteiger partial charge in [0.1, 0.15) is 5.60 Å². The van der Waals surface area contributed by atoms with Gasteiger partial charge in [0.05, 0.1) is 6.54 Å². The first-order valence-corrected chi connectivity index (χ1v) is 4.54. The van der Waals surface area contributed by atoms with Gasteiger partial charge in [0, 0.05) is 22.6 Å². The van der Waals surface area contributed by atoms with Crippen molar-refractivity contribution in [1.82, 2.24) is 5.32 Å². The van der Waals surface area contributed by atoms with Crippen molar-refractivity contribution in [3.05, 3.63) is 0 Å². The molecule has 0 aromatic carbocycles. The van der Waals surface area contributed by atoms with Gasteiger partial charge >= 0.3 is 6.09 Å². The maximum absolute atomic E-state index is 10.9. The Morgan fingerprint density at radius 3 is 2.25 bits per heavy atom. The van der Waals surface area contributed by atoms with Gasteiger partial charge in [-0.1, -0.05) is 0 Å². The van der Waals surface area contributed by atoms with Gasteiger partial charge in [-0.3, -0.25) is 4.79 Å². The number of alkyl carbamates (subject to hydrolysis) is 1. The molecule has 0 bridgehead atoms. The second-order valence-electron chi connectivity index (χ2n) is 3.21. The molecule has 0 aromatic heterocycles. The number of ether oxygens (including phenoxy) is 1. The Labute approximate surface area is 85.2 Å². The lowest BCUT2D eigenvalue weighted by atomic mass is 10.2. The van der Waals surface area contributed by atoms with Crippen LogP contribution in [0.4, 0.5) is 4.79 Å². The lowest BCUT2D eigenvalue weighted by molar-refractivity contribution is -0.108. The van der Waals surface area contributed by atoms with Crippen LogP contribution in [-0.2, 0) is 9.53 Å². The first-order valence-electron chi connectivity index (χ1n) is 3.46. The molecule has 0 aliphatic heterocycles. The Morgan fingerprint density at radius 2 is 1.92 bits per heavy atom. The van der Waals surface area contributed by atoms with Gasteiger partial charge in [-0.05, 0) is 20.8 Å². The van der Waals surface area contributed by atoms with Gasteiger partial charge in [-0.15, -0.1) is 0 Å². The molecule has 0 radical (unpaired) electrons. The van der Waals surface area contributed by atoms with Crippen molar-refractivity contribution in [2.75, 3.05) is 6.54 Å². The van der Waals surface area contributed by atoms with Crippen LogP contribution in [-0.4, -0.2) is 22.0 Å². The number of rotatable bonds is 2. The molecule has 0 saturated heterocycles. The Bertz CT molecular complexity index is 186. The first kappa shape index (κ1) is 11.7. The Hall–Kier alpha value is -0.330. The molecule has 4 nitrogen and oxygen atoms in total. The lowest BCUT2D eigenvalue weighted by Gasteiger charge is -2.19. The zero-order chi connectivity index (χ0) is 9.78. The van der Waals surface area contributed by atoms with E-state index >= 15 is 0 Å². The minimum absolute atomic E-state index is 0.00940. The SMILES string of the molecule is CC(C)(C)OC(=O)NCC(=O)I. The zero-order valence-corrected chi connectivity index (χ0v) is 9.47. The molecule has 0 aliphatic rings. The van der Waals surface area contributed by atoms with Crippen LogP contribution in [0.25, 0.3) is 0 Å². The number of carbonyl (C=O) groups excluding carboxylic acids is 2. The van der Waals surface area contributed by atoms with Crippen molar-refractivity contribution in [3.63, 3.8) is 0 Å². The van der Waals surface area contributed by atoms with E-state index in [1.54, 1.807) is 43.4 Å². The standard InChI is InChI=1S/C7H12INO3/c1-7(2,3)12-6(11)9-4-5(8)10/h4H2,1-3H3,(H,9,11). The van der Waals surface area contributed by atoms with Gasteiger partial charge in [0.25, 0.3) is 0 Å². The topological polar surface area (TPSA) is 55.4 Å². The van der Waals surface area contributed by atoms with Gasteiger partial charge in [0.2, 0.25) is 3.79 Å². The van der Waals surface area contributed by atoms with E-state index in [9.17, 15) is 9.59 Å². The molecule has 12 heavy (non-hydrogen) atoms. The van der Waals surface area contributed by atoms with Crippen LogP contribution in [0.2, 0.25) is 0 Å². The third-order valence-electron chi connectivity index (χ3n) is 0.771. The summed E-state index contributed by atoms with van der Waals surface area (Å²) in [7, 11) is 0. The fourth-order valence-electron chi connectivity index (χ4n) is 0.456. The first-order chi connectivity index (χ1) is 5.31. The van der Waals surface area contributed by atoms with Crippen LogP contribution in [0.5, 0.6) is 0 Å². The van der Waals surface area contributed by atoms with Gasteiger partial charge in [0.15, 0.2) is 0 Å². The quantitative estimate of drug-likeness (QED) is 0.617. The van der Waals surface area contributed by atoms with E-state index in [0.29, 0.717) is 0 Å².